The summed E-state index contributed by atoms with van der Waals surface area (Å²) in [7, 11) is -9.01. The maximum atomic E-state index is 13.6. The van der Waals surface area contributed by atoms with E-state index in [2.05, 4.69) is 0 Å². The Morgan fingerprint density at radius 1 is 0.719 bits per heavy atom. The minimum atomic E-state index is -4.50. The zero-order valence-electron chi connectivity index (χ0n) is 17.0. The second-order valence-electron chi connectivity index (χ2n) is 7.40. The molecule has 4 rings (SSSR count). The van der Waals surface area contributed by atoms with E-state index in [0.717, 1.165) is 0 Å². The van der Waals surface area contributed by atoms with Gasteiger partial charge in [-0.05, 0) is 29.8 Å². The van der Waals surface area contributed by atoms with Gasteiger partial charge in [-0.15, -0.1) is 0 Å². The number of carbonyl (C=O) groups is 1. The predicted octanol–water partition coefficient (Wildman–Crippen LogP) is 3.30. The summed E-state index contributed by atoms with van der Waals surface area (Å²) in [5, 5.41) is 0. The fourth-order valence-corrected chi connectivity index (χ4v) is 7.48. The zero-order chi connectivity index (χ0) is 22.8. The summed E-state index contributed by atoms with van der Waals surface area (Å²) in [4.78, 5) is 11.8. The monoisotopic (exact) mass is 471 g/mol. The van der Waals surface area contributed by atoms with Gasteiger partial charge in [0.15, 0.2) is 5.60 Å². The van der Waals surface area contributed by atoms with E-state index in [9.17, 15) is 21.6 Å². The van der Waals surface area contributed by atoms with Gasteiger partial charge >= 0.3 is 5.97 Å². The number of cyclic esters (lactones) is 1. The summed E-state index contributed by atoms with van der Waals surface area (Å²) in [5.41, 5.74) is -0.899. The SMILES string of the molecule is O=C1CCC(CN(S(=O)(=O)c2ccccc2)S(=O)(=O)c2ccccc2)(c2ccccc2)O1. The maximum absolute atomic E-state index is 13.6. The lowest BCUT2D eigenvalue weighted by Gasteiger charge is -2.33. The largest absolute Gasteiger partial charge is 0.453 e. The van der Waals surface area contributed by atoms with Crippen LogP contribution in [0.3, 0.4) is 0 Å². The van der Waals surface area contributed by atoms with Crippen LogP contribution in [-0.2, 0) is 35.2 Å². The van der Waals surface area contributed by atoms with Crippen LogP contribution in [0.15, 0.2) is 101 Å². The first kappa shape index (κ1) is 22.2. The van der Waals surface area contributed by atoms with Gasteiger partial charge in [0.1, 0.15) is 0 Å². The van der Waals surface area contributed by atoms with E-state index < -0.39 is 38.2 Å². The molecule has 0 spiro atoms. The van der Waals surface area contributed by atoms with Crippen LogP contribution in [0.5, 0.6) is 0 Å². The van der Waals surface area contributed by atoms with Crippen LogP contribution in [0, 0.1) is 0 Å². The van der Waals surface area contributed by atoms with Gasteiger partial charge in [0.2, 0.25) is 0 Å². The molecule has 3 aromatic rings. The number of hydrogen-bond donors (Lipinski definition) is 0. The minimum absolute atomic E-state index is 0.0551. The predicted molar refractivity (Wildman–Crippen MR) is 117 cm³/mol. The summed E-state index contributed by atoms with van der Waals surface area (Å²) >= 11 is 0. The fourth-order valence-electron chi connectivity index (χ4n) is 3.70. The van der Waals surface area contributed by atoms with Crippen molar-refractivity contribution in [1.29, 1.82) is 0 Å². The van der Waals surface area contributed by atoms with Gasteiger partial charge in [0, 0.05) is 12.8 Å². The maximum Gasteiger partial charge on any atom is 0.306 e. The Morgan fingerprint density at radius 2 is 1.16 bits per heavy atom. The van der Waals surface area contributed by atoms with Gasteiger partial charge in [-0.25, -0.2) is 16.8 Å². The smallest absolute Gasteiger partial charge is 0.306 e. The molecular weight excluding hydrogens is 450 g/mol. The topological polar surface area (TPSA) is 97.8 Å². The molecule has 1 heterocycles. The van der Waals surface area contributed by atoms with Gasteiger partial charge in [0.25, 0.3) is 20.0 Å². The van der Waals surface area contributed by atoms with Crippen LogP contribution in [0.2, 0.25) is 0 Å². The molecule has 9 heteroatoms. The number of esters is 1. The van der Waals surface area contributed by atoms with Crippen molar-refractivity contribution in [3.63, 3.8) is 0 Å². The summed E-state index contributed by atoms with van der Waals surface area (Å²) in [5.74, 6) is -0.511. The molecule has 0 amide bonds. The van der Waals surface area contributed by atoms with E-state index in [1.54, 1.807) is 42.5 Å². The fraction of sp³-hybridized carbons (Fsp3) is 0.174. The number of nitrogens with zero attached hydrogens (tertiary/aromatic N) is 1. The molecule has 0 radical (unpaired) electrons. The molecule has 7 nitrogen and oxygen atoms in total. The molecule has 1 aliphatic rings. The molecule has 32 heavy (non-hydrogen) atoms. The van der Waals surface area contributed by atoms with Gasteiger partial charge in [0.05, 0.1) is 16.3 Å². The van der Waals surface area contributed by atoms with E-state index in [-0.39, 0.29) is 22.6 Å². The van der Waals surface area contributed by atoms with E-state index in [0.29, 0.717) is 9.27 Å². The standard InChI is InChI=1S/C23H21NO6S2/c25-22-16-17-23(30-22,19-10-4-1-5-11-19)18-24(31(26,27)20-12-6-2-7-13-20)32(28,29)21-14-8-3-9-15-21/h1-15H,16-18H2. The third kappa shape index (κ3) is 4.06. The molecule has 1 unspecified atom stereocenters. The van der Waals surface area contributed by atoms with Gasteiger partial charge in [-0.2, -0.15) is 0 Å². The Morgan fingerprint density at radius 3 is 1.56 bits per heavy atom. The summed E-state index contributed by atoms with van der Waals surface area (Å²) in [6.07, 6.45) is 0.209. The Kier molecular flexibility index (Phi) is 5.89. The van der Waals surface area contributed by atoms with E-state index in [1.165, 1.54) is 48.5 Å². The van der Waals surface area contributed by atoms with Gasteiger partial charge in [-0.3, -0.25) is 4.79 Å². The average molecular weight is 472 g/mol. The lowest BCUT2D eigenvalue weighted by molar-refractivity contribution is -0.149. The van der Waals surface area contributed by atoms with Crippen molar-refractivity contribution in [3.8, 4) is 0 Å². The number of ether oxygens (including phenoxy) is 1. The molecule has 1 fully saturated rings. The highest BCUT2D eigenvalue weighted by molar-refractivity contribution is 8.04. The normalized spacial score (nSPS) is 19.1. The second-order valence-corrected chi connectivity index (χ2v) is 11.4. The minimum Gasteiger partial charge on any atom is -0.453 e. The summed E-state index contributed by atoms with van der Waals surface area (Å²) < 4.78 is 60.5. The highest BCUT2D eigenvalue weighted by Crippen LogP contribution is 2.40. The number of rotatable bonds is 7. The third-order valence-electron chi connectivity index (χ3n) is 5.34. The Balaban J connectivity index is 1.89. The van der Waals surface area contributed by atoms with Crippen molar-refractivity contribution in [2.45, 2.75) is 28.2 Å². The molecule has 1 atom stereocenters. The van der Waals surface area contributed by atoms with Crippen molar-refractivity contribution in [2.75, 3.05) is 6.54 Å². The zero-order valence-corrected chi connectivity index (χ0v) is 18.6. The molecule has 0 saturated carbocycles. The first-order valence-corrected chi connectivity index (χ1v) is 12.8. The molecule has 1 aliphatic heterocycles. The van der Waals surface area contributed by atoms with Crippen molar-refractivity contribution in [3.05, 3.63) is 96.6 Å². The second kappa shape index (κ2) is 8.50. The van der Waals surface area contributed by atoms with Gasteiger partial charge in [-0.1, -0.05) is 70.4 Å². The Labute approximate surface area is 187 Å². The molecule has 1 saturated heterocycles. The number of carbonyl (C=O) groups excluding carboxylic acids is 1. The first-order chi connectivity index (χ1) is 15.3. The lowest BCUT2D eigenvalue weighted by Crippen LogP contribution is -2.46. The number of benzene rings is 3. The van der Waals surface area contributed by atoms with E-state index >= 15 is 0 Å². The van der Waals surface area contributed by atoms with E-state index in [1.807, 2.05) is 0 Å². The Hall–Kier alpha value is -3.01. The van der Waals surface area contributed by atoms with Crippen LogP contribution in [0.25, 0.3) is 0 Å². The summed E-state index contributed by atoms with van der Waals surface area (Å²) in [6, 6.07) is 23.3. The molecule has 0 aliphatic carbocycles. The van der Waals surface area contributed by atoms with E-state index in [4.69, 9.17) is 4.74 Å². The van der Waals surface area contributed by atoms with Crippen LogP contribution >= 0.6 is 0 Å². The van der Waals surface area contributed by atoms with Crippen molar-refractivity contribution in [1.82, 2.24) is 3.71 Å². The van der Waals surface area contributed by atoms with Crippen molar-refractivity contribution in [2.24, 2.45) is 0 Å². The highest BCUT2D eigenvalue weighted by atomic mass is 32.3. The number of sulfonamides is 2. The quantitative estimate of drug-likeness (QED) is 0.491. The first-order valence-electron chi connectivity index (χ1n) is 9.91. The van der Waals surface area contributed by atoms with Crippen LogP contribution in [0.1, 0.15) is 18.4 Å². The molecule has 3 aromatic carbocycles. The molecule has 0 aromatic heterocycles. The van der Waals surface area contributed by atoms with Crippen molar-refractivity contribution < 1.29 is 26.4 Å². The lowest BCUT2D eigenvalue weighted by atomic mass is 9.91. The average Bonchev–Trinajstić information content (AvgIpc) is 3.21. The molecule has 0 bridgehead atoms. The van der Waals surface area contributed by atoms with Gasteiger partial charge < -0.3 is 4.74 Å². The number of hydrogen-bond acceptors (Lipinski definition) is 6. The van der Waals surface area contributed by atoms with Crippen LogP contribution in [-0.4, -0.2) is 33.1 Å². The Bertz CT molecular complexity index is 1240. The molecule has 0 N–H and O–H groups in total. The van der Waals surface area contributed by atoms with Crippen LogP contribution < -0.4 is 0 Å². The molecule has 166 valence electrons. The third-order valence-corrected chi connectivity index (χ3v) is 9.59. The summed E-state index contributed by atoms with van der Waals surface area (Å²) in [6.45, 7) is -0.572. The highest BCUT2D eigenvalue weighted by Gasteiger charge is 2.49. The molecular formula is C23H21NO6S2. The van der Waals surface area contributed by atoms with Crippen LogP contribution in [0.4, 0.5) is 0 Å². The van der Waals surface area contributed by atoms with Crippen molar-refractivity contribution >= 4 is 26.0 Å².